The van der Waals surface area contributed by atoms with Crippen molar-refractivity contribution in [3.63, 3.8) is 0 Å². The van der Waals surface area contributed by atoms with E-state index in [0.717, 1.165) is 0 Å². The second-order valence-corrected chi connectivity index (χ2v) is 6.87. The molecule has 1 N–H and O–H groups in total. The number of alkyl halides is 3. The molecule has 1 fully saturated rings. The fourth-order valence-corrected chi connectivity index (χ4v) is 2.31. The van der Waals surface area contributed by atoms with E-state index in [2.05, 4.69) is 10.1 Å². The summed E-state index contributed by atoms with van der Waals surface area (Å²) >= 11 is 0. The van der Waals surface area contributed by atoms with Crippen molar-refractivity contribution >= 4 is 12.0 Å². The van der Waals surface area contributed by atoms with Crippen LogP contribution in [0.5, 0.6) is 0 Å². The molecule has 0 saturated carbocycles. The van der Waals surface area contributed by atoms with Crippen molar-refractivity contribution in [3.8, 4) is 0 Å². The Labute approximate surface area is 139 Å². The Morgan fingerprint density at radius 2 is 1.92 bits per heavy atom. The van der Waals surface area contributed by atoms with Gasteiger partial charge in [-0.25, -0.2) is 4.79 Å². The number of amides is 2. The molecule has 0 aliphatic carbocycles. The summed E-state index contributed by atoms with van der Waals surface area (Å²) in [4.78, 5) is 25.7. The molecular weight excluding hydrogens is 329 g/mol. The first-order valence-corrected chi connectivity index (χ1v) is 7.83. The van der Waals surface area contributed by atoms with Crippen LogP contribution in [0.25, 0.3) is 0 Å². The molecule has 0 aromatic carbocycles. The van der Waals surface area contributed by atoms with Crippen LogP contribution in [0.15, 0.2) is 0 Å². The molecule has 0 radical (unpaired) electrons. The molecule has 2 amide bonds. The average molecular weight is 354 g/mol. The zero-order valence-corrected chi connectivity index (χ0v) is 14.4. The van der Waals surface area contributed by atoms with Crippen molar-refractivity contribution in [1.29, 1.82) is 0 Å². The third kappa shape index (κ3) is 7.37. The minimum Gasteiger partial charge on any atom is -0.444 e. The second kappa shape index (κ2) is 8.04. The van der Waals surface area contributed by atoms with E-state index in [1.807, 2.05) is 0 Å². The first-order valence-electron chi connectivity index (χ1n) is 7.83. The van der Waals surface area contributed by atoms with Crippen molar-refractivity contribution in [2.24, 2.45) is 0 Å². The predicted octanol–water partition coefficient (Wildman–Crippen LogP) is 2.47. The van der Waals surface area contributed by atoms with Crippen molar-refractivity contribution in [2.45, 2.75) is 64.4 Å². The second-order valence-electron chi connectivity index (χ2n) is 6.87. The summed E-state index contributed by atoms with van der Waals surface area (Å²) in [5.74, 6) is -0.415. The topological polar surface area (TPSA) is 67.9 Å². The normalized spacial score (nSPS) is 20.0. The van der Waals surface area contributed by atoms with E-state index >= 15 is 0 Å². The lowest BCUT2D eigenvalue weighted by atomic mass is 10.2. The maximum absolute atomic E-state index is 12.3. The highest BCUT2D eigenvalue weighted by molar-refractivity contribution is 5.86. The van der Waals surface area contributed by atoms with Gasteiger partial charge in [0.1, 0.15) is 18.2 Å². The standard InChI is InChI=1S/C15H25F3N2O4/c1-10(8-23-9-15(16,17)18)19-12(21)11-6-5-7-20(11)13(22)24-14(2,3)4/h10-11H,5-9H2,1-4H3,(H,19,21)/t10?,11-/m0/s1. The lowest BCUT2D eigenvalue weighted by Gasteiger charge is -2.28. The van der Waals surface area contributed by atoms with E-state index in [-0.39, 0.29) is 6.61 Å². The van der Waals surface area contributed by atoms with Gasteiger partial charge in [-0.2, -0.15) is 13.2 Å². The maximum atomic E-state index is 12.3. The van der Waals surface area contributed by atoms with Crippen LogP contribution in [-0.4, -0.2) is 60.5 Å². The number of rotatable bonds is 5. The van der Waals surface area contributed by atoms with Crippen LogP contribution in [0.4, 0.5) is 18.0 Å². The number of nitrogens with zero attached hydrogens (tertiary/aromatic N) is 1. The number of nitrogens with one attached hydrogen (secondary N) is 1. The maximum Gasteiger partial charge on any atom is 0.411 e. The zero-order valence-electron chi connectivity index (χ0n) is 14.4. The Bertz CT molecular complexity index is 449. The molecule has 0 spiro atoms. The first-order chi connectivity index (χ1) is 10.9. The largest absolute Gasteiger partial charge is 0.444 e. The van der Waals surface area contributed by atoms with Gasteiger partial charge in [0.25, 0.3) is 0 Å². The van der Waals surface area contributed by atoms with Gasteiger partial charge in [-0.3, -0.25) is 9.69 Å². The summed E-state index contributed by atoms with van der Waals surface area (Å²) in [6, 6.07) is -1.27. The molecule has 9 heteroatoms. The zero-order chi connectivity index (χ0) is 18.5. The van der Waals surface area contributed by atoms with E-state index in [1.54, 1.807) is 27.7 Å². The van der Waals surface area contributed by atoms with E-state index in [4.69, 9.17) is 4.74 Å². The molecule has 140 valence electrons. The van der Waals surface area contributed by atoms with Crippen LogP contribution >= 0.6 is 0 Å². The molecule has 0 aromatic heterocycles. The third-order valence-electron chi connectivity index (χ3n) is 3.21. The number of hydrogen-bond donors (Lipinski definition) is 1. The number of ether oxygens (including phenoxy) is 2. The van der Waals surface area contributed by atoms with Crippen LogP contribution < -0.4 is 5.32 Å². The minimum atomic E-state index is -4.40. The number of hydrogen-bond acceptors (Lipinski definition) is 4. The monoisotopic (exact) mass is 354 g/mol. The van der Waals surface area contributed by atoms with Gasteiger partial charge in [0.15, 0.2) is 0 Å². The number of carbonyl (C=O) groups excluding carboxylic acids is 2. The molecule has 1 rings (SSSR count). The van der Waals surface area contributed by atoms with Gasteiger partial charge in [-0.05, 0) is 40.5 Å². The molecule has 0 aromatic rings. The van der Waals surface area contributed by atoms with Crippen LogP contribution in [-0.2, 0) is 14.3 Å². The Morgan fingerprint density at radius 3 is 2.46 bits per heavy atom. The quantitative estimate of drug-likeness (QED) is 0.824. The van der Waals surface area contributed by atoms with Crippen molar-refractivity contribution < 1.29 is 32.2 Å². The van der Waals surface area contributed by atoms with E-state index in [0.29, 0.717) is 19.4 Å². The van der Waals surface area contributed by atoms with Gasteiger partial charge in [0.2, 0.25) is 5.91 Å². The fourth-order valence-electron chi connectivity index (χ4n) is 2.31. The number of carbonyl (C=O) groups is 2. The smallest absolute Gasteiger partial charge is 0.411 e. The van der Waals surface area contributed by atoms with E-state index < -0.39 is 42.5 Å². The summed E-state index contributed by atoms with van der Waals surface area (Å²) in [6.45, 7) is 5.53. The summed E-state index contributed by atoms with van der Waals surface area (Å²) in [7, 11) is 0. The van der Waals surface area contributed by atoms with Crippen LogP contribution in [0.3, 0.4) is 0 Å². The lowest BCUT2D eigenvalue weighted by molar-refractivity contribution is -0.175. The highest BCUT2D eigenvalue weighted by Crippen LogP contribution is 2.21. The number of halogens is 3. The van der Waals surface area contributed by atoms with Gasteiger partial charge in [0.05, 0.1) is 6.61 Å². The highest BCUT2D eigenvalue weighted by atomic mass is 19.4. The lowest BCUT2D eigenvalue weighted by Crippen LogP contribution is -2.50. The molecule has 2 atom stereocenters. The van der Waals surface area contributed by atoms with Crippen LogP contribution in [0, 0.1) is 0 Å². The van der Waals surface area contributed by atoms with E-state index in [9.17, 15) is 22.8 Å². The Kier molecular flexibility index (Phi) is 6.88. The fraction of sp³-hybridized carbons (Fsp3) is 0.867. The van der Waals surface area contributed by atoms with Gasteiger partial charge in [-0.15, -0.1) is 0 Å². The SMILES string of the molecule is CC(COCC(F)(F)F)NC(=O)[C@@H]1CCCN1C(=O)OC(C)(C)C. The van der Waals surface area contributed by atoms with E-state index in [1.165, 1.54) is 4.90 Å². The molecule has 0 bridgehead atoms. The molecule has 6 nitrogen and oxygen atoms in total. The average Bonchev–Trinajstić information content (AvgIpc) is 2.83. The minimum absolute atomic E-state index is 0.260. The molecule has 1 aliphatic heterocycles. The van der Waals surface area contributed by atoms with Gasteiger partial charge >= 0.3 is 12.3 Å². The Balaban J connectivity index is 2.49. The Morgan fingerprint density at radius 1 is 1.29 bits per heavy atom. The van der Waals surface area contributed by atoms with Crippen LogP contribution in [0.1, 0.15) is 40.5 Å². The summed E-state index contributed by atoms with van der Waals surface area (Å²) in [5.41, 5.74) is -0.667. The summed E-state index contributed by atoms with van der Waals surface area (Å²) in [5, 5.41) is 2.58. The van der Waals surface area contributed by atoms with Gasteiger partial charge in [0, 0.05) is 12.6 Å². The molecule has 1 heterocycles. The molecule has 24 heavy (non-hydrogen) atoms. The van der Waals surface area contributed by atoms with Crippen LogP contribution in [0.2, 0.25) is 0 Å². The van der Waals surface area contributed by atoms with Crippen molar-refractivity contribution in [2.75, 3.05) is 19.8 Å². The molecule has 1 unspecified atom stereocenters. The Hall–Kier alpha value is -1.51. The summed E-state index contributed by atoms with van der Waals surface area (Å²) < 4.78 is 45.8. The predicted molar refractivity (Wildman–Crippen MR) is 80.4 cm³/mol. The molecule has 1 aliphatic rings. The number of likely N-dealkylation sites (tertiary alicyclic amines) is 1. The highest BCUT2D eigenvalue weighted by Gasteiger charge is 2.37. The molecular formula is C15H25F3N2O4. The van der Waals surface area contributed by atoms with Crippen molar-refractivity contribution in [3.05, 3.63) is 0 Å². The summed E-state index contributed by atoms with van der Waals surface area (Å²) in [6.07, 6.45) is -3.82. The third-order valence-corrected chi connectivity index (χ3v) is 3.21. The van der Waals surface area contributed by atoms with Gasteiger partial charge < -0.3 is 14.8 Å². The first kappa shape index (κ1) is 20.5. The van der Waals surface area contributed by atoms with Crippen molar-refractivity contribution in [1.82, 2.24) is 10.2 Å². The molecule has 1 saturated heterocycles. The van der Waals surface area contributed by atoms with Gasteiger partial charge in [-0.1, -0.05) is 0 Å².